The lowest BCUT2D eigenvalue weighted by atomic mass is 10.2. The summed E-state index contributed by atoms with van der Waals surface area (Å²) in [5.74, 6) is 0.907. The van der Waals surface area contributed by atoms with Crippen LogP contribution in [0, 0.1) is 0 Å². The number of hydrogen-bond acceptors (Lipinski definition) is 4. The summed E-state index contributed by atoms with van der Waals surface area (Å²) in [5.41, 5.74) is 2.53. The van der Waals surface area contributed by atoms with Crippen LogP contribution >= 0.6 is 0 Å². The molecule has 5 heteroatoms. The molecule has 5 nitrogen and oxygen atoms in total. The molecule has 106 valence electrons. The van der Waals surface area contributed by atoms with Crippen LogP contribution in [0.4, 0.5) is 11.5 Å². The predicted molar refractivity (Wildman–Crippen MR) is 80.0 cm³/mol. The number of benzene rings is 1. The zero-order valence-corrected chi connectivity index (χ0v) is 11.7. The molecular weight excluding hydrogens is 252 g/mol. The van der Waals surface area contributed by atoms with Crippen LogP contribution in [0.1, 0.15) is 5.56 Å². The fourth-order valence-corrected chi connectivity index (χ4v) is 2.35. The summed E-state index contributed by atoms with van der Waals surface area (Å²) in [7, 11) is 1.92. The number of anilines is 2. The van der Waals surface area contributed by atoms with Crippen molar-refractivity contribution in [2.75, 3.05) is 36.5 Å². The van der Waals surface area contributed by atoms with Gasteiger partial charge < -0.3 is 15.0 Å². The Morgan fingerprint density at radius 3 is 2.55 bits per heavy atom. The van der Waals surface area contributed by atoms with Crippen molar-refractivity contribution in [3.8, 4) is 0 Å². The van der Waals surface area contributed by atoms with Gasteiger partial charge in [-0.2, -0.15) is 5.10 Å². The third-order valence-corrected chi connectivity index (χ3v) is 3.50. The van der Waals surface area contributed by atoms with Gasteiger partial charge in [0.1, 0.15) is 5.82 Å². The van der Waals surface area contributed by atoms with Crippen LogP contribution in [0.15, 0.2) is 36.5 Å². The molecule has 1 fully saturated rings. The van der Waals surface area contributed by atoms with Gasteiger partial charge in [-0.25, -0.2) is 0 Å². The van der Waals surface area contributed by atoms with E-state index in [-0.39, 0.29) is 0 Å². The Hall–Kier alpha value is -2.01. The number of nitrogens with one attached hydrogen (secondary N) is 1. The van der Waals surface area contributed by atoms with Gasteiger partial charge in [0.25, 0.3) is 0 Å². The highest BCUT2D eigenvalue weighted by Gasteiger charge is 2.10. The van der Waals surface area contributed by atoms with Crippen LogP contribution in [0.25, 0.3) is 0 Å². The highest BCUT2D eigenvalue weighted by molar-refractivity contribution is 5.48. The van der Waals surface area contributed by atoms with E-state index in [1.165, 1.54) is 11.3 Å². The fraction of sp³-hybridized carbons (Fsp3) is 0.400. The highest BCUT2D eigenvalue weighted by Crippen LogP contribution is 2.17. The van der Waals surface area contributed by atoms with Crippen molar-refractivity contribution in [3.05, 3.63) is 42.1 Å². The zero-order valence-electron chi connectivity index (χ0n) is 11.7. The van der Waals surface area contributed by atoms with Crippen LogP contribution in [0.3, 0.4) is 0 Å². The first-order valence-corrected chi connectivity index (χ1v) is 6.96. The first-order valence-electron chi connectivity index (χ1n) is 6.96. The Labute approximate surface area is 119 Å². The number of aromatic nitrogens is 2. The molecular formula is C15H20N4O. The molecule has 2 aromatic rings. The molecule has 0 unspecified atom stereocenters. The predicted octanol–water partition coefficient (Wildman–Crippen LogP) is 1.87. The minimum absolute atomic E-state index is 0.792. The lowest BCUT2D eigenvalue weighted by Crippen LogP contribution is -2.36. The quantitative estimate of drug-likeness (QED) is 0.922. The maximum Gasteiger partial charge on any atom is 0.148 e. The van der Waals surface area contributed by atoms with Crippen molar-refractivity contribution in [2.45, 2.75) is 6.54 Å². The summed E-state index contributed by atoms with van der Waals surface area (Å²) < 4.78 is 7.17. The number of aryl methyl sites for hydroxylation is 1. The Morgan fingerprint density at radius 2 is 1.90 bits per heavy atom. The van der Waals surface area contributed by atoms with E-state index in [0.29, 0.717) is 0 Å². The van der Waals surface area contributed by atoms with E-state index in [1.54, 1.807) is 4.68 Å². The molecule has 0 radical (unpaired) electrons. The molecule has 0 amide bonds. The second-order valence-electron chi connectivity index (χ2n) is 4.99. The third kappa shape index (κ3) is 3.11. The summed E-state index contributed by atoms with van der Waals surface area (Å²) in [5, 5.41) is 7.62. The highest BCUT2D eigenvalue weighted by atomic mass is 16.5. The molecule has 0 bridgehead atoms. The van der Waals surface area contributed by atoms with Crippen LogP contribution in [-0.2, 0) is 18.3 Å². The number of morpholine rings is 1. The lowest BCUT2D eigenvalue weighted by molar-refractivity contribution is 0.122. The zero-order chi connectivity index (χ0) is 13.8. The molecule has 0 spiro atoms. The van der Waals surface area contributed by atoms with E-state index in [4.69, 9.17) is 4.74 Å². The van der Waals surface area contributed by atoms with Gasteiger partial charge in [-0.05, 0) is 17.7 Å². The molecule has 0 aliphatic carbocycles. The summed E-state index contributed by atoms with van der Waals surface area (Å²) in [6.45, 7) is 4.39. The summed E-state index contributed by atoms with van der Waals surface area (Å²) >= 11 is 0. The van der Waals surface area contributed by atoms with E-state index < -0.39 is 0 Å². The normalized spacial score (nSPS) is 15.3. The summed E-state index contributed by atoms with van der Waals surface area (Å²) in [6, 6.07) is 10.7. The second kappa shape index (κ2) is 5.96. The van der Waals surface area contributed by atoms with E-state index in [2.05, 4.69) is 39.6 Å². The molecule has 1 aromatic heterocycles. The smallest absolute Gasteiger partial charge is 0.148 e. The van der Waals surface area contributed by atoms with Gasteiger partial charge in [0.05, 0.1) is 13.2 Å². The number of hydrogen-bond donors (Lipinski definition) is 1. The van der Waals surface area contributed by atoms with Crippen LogP contribution < -0.4 is 10.2 Å². The average molecular weight is 272 g/mol. The third-order valence-electron chi connectivity index (χ3n) is 3.50. The minimum atomic E-state index is 0.792. The first kappa shape index (κ1) is 13.0. The monoisotopic (exact) mass is 272 g/mol. The Kier molecular flexibility index (Phi) is 3.87. The first-order chi connectivity index (χ1) is 9.81. The molecule has 1 aliphatic rings. The molecule has 1 aromatic carbocycles. The van der Waals surface area contributed by atoms with E-state index in [9.17, 15) is 0 Å². The Bertz CT molecular complexity index is 543. The fourth-order valence-electron chi connectivity index (χ4n) is 2.35. The van der Waals surface area contributed by atoms with Crippen molar-refractivity contribution in [1.29, 1.82) is 0 Å². The van der Waals surface area contributed by atoms with Gasteiger partial charge in [0.15, 0.2) is 0 Å². The molecule has 1 aliphatic heterocycles. The van der Waals surface area contributed by atoms with Gasteiger partial charge in [0, 0.05) is 44.6 Å². The van der Waals surface area contributed by atoms with Crippen molar-refractivity contribution >= 4 is 11.5 Å². The number of ether oxygens (including phenoxy) is 1. The van der Waals surface area contributed by atoms with E-state index in [0.717, 1.165) is 38.7 Å². The molecule has 1 N–H and O–H groups in total. The lowest BCUT2D eigenvalue weighted by Gasteiger charge is -2.28. The maximum absolute atomic E-state index is 5.37. The molecule has 20 heavy (non-hydrogen) atoms. The van der Waals surface area contributed by atoms with Crippen LogP contribution in [0.5, 0.6) is 0 Å². The SMILES string of the molecule is Cn1ccc(NCc2ccc(N3CCOCC3)cc2)n1. The van der Waals surface area contributed by atoms with Gasteiger partial charge >= 0.3 is 0 Å². The Balaban J connectivity index is 1.58. The van der Waals surface area contributed by atoms with Crippen molar-refractivity contribution in [3.63, 3.8) is 0 Å². The van der Waals surface area contributed by atoms with Crippen LogP contribution in [-0.4, -0.2) is 36.1 Å². The summed E-state index contributed by atoms with van der Waals surface area (Å²) in [6.07, 6.45) is 1.93. The topological polar surface area (TPSA) is 42.3 Å². The Morgan fingerprint density at radius 1 is 1.15 bits per heavy atom. The van der Waals surface area contributed by atoms with Crippen molar-refractivity contribution in [2.24, 2.45) is 7.05 Å². The van der Waals surface area contributed by atoms with E-state index >= 15 is 0 Å². The van der Waals surface area contributed by atoms with Gasteiger partial charge in [-0.3, -0.25) is 4.68 Å². The molecule has 3 rings (SSSR count). The van der Waals surface area contributed by atoms with Gasteiger partial charge in [-0.15, -0.1) is 0 Å². The molecule has 0 saturated carbocycles. The van der Waals surface area contributed by atoms with Crippen molar-refractivity contribution < 1.29 is 4.74 Å². The number of rotatable bonds is 4. The van der Waals surface area contributed by atoms with Gasteiger partial charge in [-0.1, -0.05) is 12.1 Å². The maximum atomic E-state index is 5.37. The second-order valence-corrected chi connectivity index (χ2v) is 4.99. The minimum Gasteiger partial charge on any atom is -0.378 e. The standard InChI is InChI=1S/C15H20N4O/c1-18-7-6-15(17-18)16-12-13-2-4-14(5-3-13)19-8-10-20-11-9-19/h2-7H,8-12H2,1H3,(H,16,17). The van der Waals surface area contributed by atoms with Gasteiger partial charge in [0.2, 0.25) is 0 Å². The van der Waals surface area contributed by atoms with Crippen LogP contribution in [0.2, 0.25) is 0 Å². The van der Waals surface area contributed by atoms with E-state index in [1.807, 2.05) is 19.3 Å². The largest absolute Gasteiger partial charge is 0.378 e. The summed E-state index contributed by atoms with van der Waals surface area (Å²) in [4.78, 5) is 2.36. The number of nitrogens with zero attached hydrogens (tertiary/aromatic N) is 3. The molecule has 0 atom stereocenters. The van der Waals surface area contributed by atoms with Crippen molar-refractivity contribution in [1.82, 2.24) is 9.78 Å². The molecule has 2 heterocycles. The molecule has 1 saturated heterocycles. The average Bonchev–Trinajstić information content (AvgIpc) is 2.92.